The number of aromatic nitrogens is 4. The third-order valence-corrected chi connectivity index (χ3v) is 4.82. The van der Waals surface area contributed by atoms with Gasteiger partial charge in [-0.2, -0.15) is 4.98 Å². The lowest BCUT2D eigenvalue weighted by atomic mass is 10.1. The highest BCUT2D eigenvalue weighted by Crippen LogP contribution is 2.28. The molecule has 0 amide bonds. The second kappa shape index (κ2) is 7.60. The summed E-state index contributed by atoms with van der Waals surface area (Å²) in [5.41, 5.74) is 0. The molecule has 0 saturated heterocycles. The lowest BCUT2D eigenvalue weighted by Crippen LogP contribution is -1.96. The number of thioether (sulfide) groups is 1. The molecule has 0 atom stereocenters. The summed E-state index contributed by atoms with van der Waals surface area (Å²) in [6, 6.07) is 3.77. The zero-order valence-corrected chi connectivity index (χ0v) is 14.5. The van der Waals surface area contributed by atoms with Crippen molar-refractivity contribution in [1.29, 1.82) is 0 Å². The second-order valence-corrected chi connectivity index (χ2v) is 7.50. The van der Waals surface area contributed by atoms with Crippen molar-refractivity contribution >= 4 is 28.2 Å². The van der Waals surface area contributed by atoms with E-state index in [0.717, 1.165) is 27.5 Å². The summed E-state index contributed by atoms with van der Waals surface area (Å²) in [6.07, 6.45) is 2.48. The molecule has 0 spiro atoms. The highest BCUT2D eigenvalue weighted by molar-refractivity contribution is 8.00. The predicted octanol–water partition coefficient (Wildman–Crippen LogP) is 3.62. The molecule has 23 heavy (non-hydrogen) atoms. The average molecular weight is 351 g/mol. The number of hydrogen-bond donors (Lipinski definition) is 1. The molecule has 3 aromatic heterocycles. The molecule has 3 aromatic rings. The first-order valence-corrected chi connectivity index (χ1v) is 9.03. The lowest BCUT2D eigenvalue weighted by molar-refractivity contribution is 0.382. The summed E-state index contributed by atoms with van der Waals surface area (Å²) in [5.74, 6) is 3.34. The van der Waals surface area contributed by atoms with E-state index in [2.05, 4.69) is 39.5 Å². The van der Waals surface area contributed by atoms with Crippen LogP contribution in [0.2, 0.25) is 0 Å². The molecule has 0 unspecified atom stereocenters. The summed E-state index contributed by atoms with van der Waals surface area (Å²) >= 11 is 3.02. The third-order valence-electron chi connectivity index (χ3n) is 2.82. The highest BCUT2D eigenvalue weighted by Gasteiger charge is 2.11. The van der Waals surface area contributed by atoms with Crippen molar-refractivity contribution in [2.24, 2.45) is 5.92 Å². The Morgan fingerprint density at radius 2 is 2.26 bits per heavy atom. The van der Waals surface area contributed by atoms with Gasteiger partial charge in [0.1, 0.15) is 5.76 Å². The molecule has 9 heteroatoms. The molecule has 1 N–H and O–H groups in total. The van der Waals surface area contributed by atoms with E-state index < -0.39 is 0 Å². The minimum Gasteiger partial charge on any atom is -0.467 e. The first kappa shape index (κ1) is 16.0. The summed E-state index contributed by atoms with van der Waals surface area (Å²) in [4.78, 5) is 4.37. The molecule has 0 aliphatic rings. The molecular formula is C14H17N5O2S2. The maximum Gasteiger partial charge on any atom is 0.237 e. The SMILES string of the molecule is CC(C)Cc1noc(CSc2nnc(NCc3ccco3)s2)n1. The van der Waals surface area contributed by atoms with Gasteiger partial charge < -0.3 is 14.3 Å². The zero-order valence-electron chi connectivity index (χ0n) is 12.9. The minimum atomic E-state index is 0.513. The Morgan fingerprint density at radius 3 is 3.04 bits per heavy atom. The Balaban J connectivity index is 1.48. The lowest BCUT2D eigenvalue weighted by Gasteiger charge is -1.96. The minimum absolute atomic E-state index is 0.513. The number of hydrogen-bond acceptors (Lipinski definition) is 9. The number of rotatable bonds is 8. The molecule has 122 valence electrons. The Labute approximate surface area is 141 Å². The van der Waals surface area contributed by atoms with Gasteiger partial charge in [0, 0.05) is 6.42 Å². The molecule has 0 saturated carbocycles. The van der Waals surface area contributed by atoms with Crippen LogP contribution >= 0.6 is 23.1 Å². The standard InChI is InChI=1S/C14H17N5O2S2/c1-9(2)6-11-16-12(21-19-11)8-22-14-18-17-13(23-14)15-7-10-4-3-5-20-10/h3-5,9H,6-8H2,1-2H3,(H,15,17). The van der Waals surface area contributed by atoms with Crippen LogP contribution in [0.3, 0.4) is 0 Å². The molecule has 3 rings (SSSR count). The van der Waals surface area contributed by atoms with Crippen LogP contribution in [0.25, 0.3) is 0 Å². The number of nitrogens with one attached hydrogen (secondary N) is 1. The molecule has 0 radical (unpaired) electrons. The van der Waals surface area contributed by atoms with E-state index in [-0.39, 0.29) is 0 Å². The summed E-state index contributed by atoms with van der Waals surface area (Å²) in [5, 5.41) is 16.1. The fourth-order valence-corrected chi connectivity index (χ4v) is 3.42. The largest absolute Gasteiger partial charge is 0.467 e. The Hall–Kier alpha value is -1.87. The summed E-state index contributed by atoms with van der Waals surface area (Å²) in [7, 11) is 0. The van der Waals surface area contributed by atoms with Crippen molar-refractivity contribution in [3.63, 3.8) is 0 Å². The topological polar surface area (TPSA) is 89.9 Å². The van der Waals surface area contributed by atoms with Crippen LogP contribution in [0.15, 0.2) is 31.7 Å². The van der Waals surface area contributed by atoms with Crippen molar-refractivity contribution < 1.29 is 8.94 Å². The summed E-state index contributed by atoms with van der Waals surface area (Å²) in [6.45, 7) is 4.85. The zero-order chi connectivity index (χ0) is 16.1. The van der Waals surface area contributed by atoms with Crippen molar-refractivity contribution in [2.75, 3.05) is 5.32 Å². The van der Waals surface area contributed by atoms with Gasteiger partial charge in [-0.05, 0) is 18.1 Å². The molecule has 0 aliphatic carbocycles. The first-order chi connectivity index (χ1) is 11.2. The fraction of sp³-hybridized carbons (Fsp3) is 0.429. The normalized spacial score (nSPS) is 11.3. The molecule has 0 bridgehead atoms. The van der Waals surface area contributed by atoms with E-state index in [9.17, 15) is 0 Å². The van der Waals surface area contributed by atoms with Crippen molar-refractivity contribution in [3.05, 3.63) is 35.9 Å². The molecule has 0 fully saturated rings. The number of anilines is 1. The Morgan fingerprint density at radius 1 is 1.35 bits per heavy atom. The van der Waals surface area contributed by atoms with Crippen molar-refractivity contribution in [2.45, 2.75) is 36.9 Å². The van der Waals surface area contributed by atoms with Crippen LogP contribution in [0.1, 0.15) is 31.3 Å². The Kier molecular flexibility index (Phi) is 5.29. The maximum absolute atomic E-state index is 5.26. The van der Waals surface area contributed by atoms with Gasteiger partial charge in [-0.3, -0.25) is 0 Å². The van der Waals surface area contributed by atoms with Crippen LogP contribution in [0, 0.1) is 5.92 Å². The van der Waals surface area contributed by atoms with E-state index in [0.29, 0.717) is 24.1 Å². The van der Waals surface area contributed by atoms with Gasteiger partial charge in [-0.25, -0.2) is 0 Å². The monoisotopic (exact) mass is 351 g/mol. The van der Waals surface area contributed by atoms with Gasteiger partial charge >= 0.3 is 0 Å². The van der Waals surface area contributed by atoms with Crippen LogP contribution in [0.4, 0.5) is 5.13 Å². The molecule has 0 aromatic carbocycles. The number of nitrogens with zero attached hydrogens (tertiary/aromatic N) is 4. The van der Waals surface area contributed by atoms with Crippen LogP contribution in [-0.4, -0.2) is 20.3 Å². The quantitative estimate of drug-likeness (QED) is 0.616. The van der Waals surface area contributed by atoms with Gasteiger partial charge in [0.25, 0.3) is 0 Å². The Bertz CT molecular complexity index is 723. The van der Waals surface area contributed by atoms with Gasteiger partial charge in [-0.15, -0.1) is 10.2 Å². The number of furan rings is 1. The van der Waals surface area contributed by atoms with E-state index in [1.54, 1.807) is 6.26 Å². The molecule has 0 aliphatic heterocycles. The first-order valence-electron chi connectivity index (χ1n) is 7.23. The van der Waals surface area contributed by atoms with Crippen LogP contribution in [0.5, 0.6) is 0 Å². The van der Waals surface area contributed by atoms with Crippen LogP contribution in [-0.2, 0) is 18.7 Å². The second-order valence-electron chi connectivity index (χ2n) is 5.30. The summed E-state index contributed by atoms with van der Waals surface area (Å²) < 4.78 is 11.4. The highest BCUT2D eigenvalue weighted by atomic mass is 32.2. The van der Waals surface area contributed by atoms with E-state index >= 15 is 0 Å². The van der Waals surface area contributed by atoms with Gasteiger partial charge in [0.05, 0.1) is 18.6 Å². The third kappa shape index (κ3) is 4.80. The van der Waals surface area contributed by atoms with E-state index in [1.807, 2.05) is 12.1 Å². The van der Waals surface area contributed by atoms with Crippen molar-refractivity contribution in [1.82, 2.24) is 20.3 Å². The molecule has 3 heterocycles. The van der Waals surface area contributed by atoms with Gasteiger partial charge in [0.2, 0.25) is 11.0 Å². The predicted molar refractivity (Wildman–Crippen MR) is 88.3 cm³/mol. The van der Waals surface area contributed by atoms with Gasteiger partial charge in [-0.1, -0.05) is 42.1 Å². The van der Waals surface area contributed by atoms with Crippen molar-refractivity contribution in [3.8, 4) is 0 Å². The van der Waals surface area contributed by atoms with E-state index in [4.69, 9.17) is 8.94 Å². The average Bonchev–Trinajstić information content (AvgIpc) is 3.25. The fourth-order valence-electron chi connectivity index (χ4n) is 1.84. The smallest absolute Gasteiger partial charge is 0.237 e. The molecule has 7 nitrogen and oxygen atoms in total. The van der Waals surface area contributed by atoms with Crippen LogP contribution < -0.4 is 5.32 Å². The van der Waals surface area contributed by atoms with Gasteiger partial charge in [0.15, 0.2) is 10.2 Å². The van der Waals surface area contributed by atoms with E-state index in [1.165, 1.54) is 23.1 Å². The molecular weight excluding hydrogens is 334 g/mol. The maximum atomic E-state index is 5.26.